The zero-order valence-electron chi connectivity index (χ0n) is 12.1. The number of aryl methyl sites for hydroxylation is 1. The van der Waals surface area contributed by atoms with E-state index in [0.29, 0.717) is 5.41 Å². The second-order valence-corrected chi connectivity index (χ2v) is 6.11. The molecular weight excluding hydrogens is 218 g/mol. The topological polar surface area (TPSA) is 12.0 Å². The van der Waals surface area contributed by atoms with Gasteiger partial charge in [0, 0.05) is 12.0 Å². The lowest BCUT2D eigenvalue weighted by molar-refractivity contribution is 0.235. The summed E-state index contributed by atoms with van der Waals surface area (Å²) in [5.74, 6) is 0.908. The van der Waals surface area contributed by atoms with Gasteiger partial charge in [0.25, 0.3) is 0 Å². The molecule has 100 valence electrons. The number of rotatable bonds is 4. The van der Waals surface area contributed by atoms with Crippen LogP contribution in [0.15, 0.2) is 24.3 Å². The molecule has 0 radical (unpaired) electrons. The highest BCUT2D eigenvalue weighted by Gasteiger charge is 2.35. The van der Waals surface area contributed by atoms with Crippen LogP contribution in [0.5, 0.6) is 0 Å². The first-order chi connectivity index (χ1) is 8.66. The molecule has 0 atom stereocenters. The van der Waals surface area contributed by atoms with Crippen molar-refractivity contribution in [1.29, 1.82) is 0 Å². The second-order valence-electron chi connectivity index (χ2n) is 6.11. The first-order valence-electron chi connectivity index (χ1n) is 7.44. The van der Waals surface area contributed by atoms with Crippen molar-refractivity contribution >= 4 is 0 Å². The summed E-state index contributed by atoms with van der Waals surface area (Å²) in [4.78, 5) is 0. The van der Waals surface area contributed by atoms with E-state index in [9.17, 15) is 0 Å². The van der Waals surface area contributed by atoms with Crippen LogP contribution in [-0.4, -0.2) is 13.1 Å². The summed E-state index contributed by atoms with van der Waals surface area (Å²) >= 11 is 0. The molecule has 0 heterocycles. The average Bonchev–Trinajstić information content (AvgIpc) is 2.40. The van der Waals surface area contributed by atoms with E-state index in [0.717, 1.165) is 19.0 Å². The van der Waals surface area contributed by atoms with Crippen LogP contribution in [0.3, 0.4) is 0 Å². The number of nitrogens with one attached hydrogen (secondary N) is 1. The highest BCUT2D eigenvalue weighted by Crippen LogP contribution is 2.41. The van der Waals surface area contributed by atoms with E-state index in [4.69, 9.17) is 0 Å². The molecule has 1 saturated carbocycles. The molecule has 2 rings (SSSR count). The molecule has 1 N–H and O–H groups in total. The van der Waals surface area contributed by atoms with E-state index < -0.39 is 0 Å². The summed E-state index contributed by atoms with van der Waals surface area (Å²) < 4.78 is 0. The molecule has 0 bridgehead atoms. The Balaban J connectivity index is 2.21. The fraction of sp³-hybridized carbons (Fsp3) is 0.647. The Bertz CT molecular complexity index is 352. The Morgan fingerprint density at radius 3 is 2.33 bits per heavy atom. The maximum Gasteiger partial charge on any atom is 0.00779 e. The van der Waals surface area contributed by atoms with Gasteiger partial charge in [-0.2, -0.15) is 0 Å². The van der Waals surface area contributed by atoms with E-state index in [1.165, 1.54) is 31.2 Å². The molecule has 1 fully saturated rings. The summed E-state index contributed by atoms with van der Waals surface area (Å²) in [7, 11) is 0. The molecule has 18 heavy (non-hydrogen) atoms. The summed E-state index contributed by atoms with van der Waals surface area (Å²) in [5.41, 5.74) is 3.29. The predicted molar refractivity (Wildman–Crippen MR) is 79.0 cm³/mol. The van der Waals surface area contributed by atoms with Gasteiger partial charge in [0.1, 0.15) is 0 Å². The molecule has 1 aliphatic carbocycles. The first-order valence-corrected chi connectivity index (χ1v) is 7.44. The van der Waals surface area contributed by atoms with Gasteiger partial charge in [0.05, 0.1) is 0 Å². The van der Waals surface area contributed by atoms with Gasteiger partial charge in [-0.3, -0.25) is 0 Å². The molecule has 1 aliphatic rings. The van der Waals surface area contributed by atoms with Gasteiger partial charge in [0.15, 0.2) is 0 Å². The van der Waals surface area contributed by atoms with Crippen molar-refractivity contribution in [3.63, 3.8) is 0 Å². The SMILES string of the molecule is CCNCC1(c2ccc(C)cc2)CCC(C)CC1. The van der Waals surface area contributed by atoms with Gasteiger partial charge >= 0.3 is 0 Å². The Labute approximate surface area is 112 Å². The average molecular weight is 245 g/mol. The Morgan fingerprint density at radius 2 is 1.78 bits per heavy atom. The first kappa shape index (κ1) is 13.6. The minimum Gasteiger partial charge on any atom is -0.316 e. The van der Waals surface area contributed by atoms with Gasteiger partial charge in [-0.05, 0) is 50.6 Å². The highest BCUT2D eigenvalue weighted by molar-refractivity contribution is 5.30. The number of hydrogen-bond acceptors (Lipinski definition) is 1. The lowest BCUT2D eigenvalue weighted by atomic mass is 9.67. The number of benzene rings is 1. The van der Waals surface area contributed by atoms with Crippen LogP contribution in [0.2, 0.25) is 0 Å². The predicted octanol–water partition coefficient (Wildman–Crippen LogP) is 4.05. The van der Waals surface area contributed by atoms with Crippen LogP contribution in [0.4, 0.5) is 0 Å². The summed E-state index contributed by atoms with van der Waals surface area (Å²) in [6.07, 6.45) is 5.42. The third kappa shape index (κ3) is 2.95. The number of hydrogen-bond donors (Lipinski definition) is 1. The van der Waals surface area contributed by atoms with Crippen molar-refractivity contribution in [2.75, 3.05) is 13.1 Å². The molecule has 1 nitrogen and oxygen atoms in total. The van der Waals surface area contributed by atoms with E-state index >= 15 is 0 Å². The zero-order chi connectivity index (χ0) is 13.0. The summed E-state index contributed by atoms with van der Waals surface area (Å²) in [6, 6.07) is 9.23. The molecule has 0 unspecified atom stereocenters. The maximum atomic E-state index is 3.59. The van der Waals surface area contributed by atoms with E-state index in [1.807, 2.05) is 0 Å². The third-order valence-electron chi connectivity index (χ3n) is 4.61. The van der Waals surface area contributed by atoms with E-state index in [-0.39, 0.29) is 0 Å². The van der Waals surface area contributed by atoms with Gasteiger partial charge in [-0.1, -0.05) is 43.7 Å². The molecule has 0 aromatic heterocycles. The number of likely N-dealkylation sites (N-methyl/N-ethyl adjacent to an activating group) is 1. The highest BCUT2D eigenvalue weighted by atomic mass is 14.9. The van der Waals surface area contributed by atoms with Crippen LogP contribution in [0.1, 0.15) is 50.7 Å². The van der Waals surface area contributed by atoms with Gasteiger partial charge in [-0.25, -0.2) is 0 Å². The Kier molecular flexibility index (Phi) is 4.45. The van der Waals surface area contributed by atoms with Crippen LogP contribution >= 0.6 is 0 Å². The molecule has 0 saturated heterocycles. The van der Waals surface area contributed by atoms with Crippen molar-refractivity contribution in [1.82, 2.24) is 5.32 Å². The van der Waals surface area contributed by atoms with Gasteiger partial charge in [-0.15, -0.1) is 0 Å². The standard InChI is InChI=1S/C17H27N/c1-4-18-13-17(11-9-15(3)10-12-17)16-7-5-14(2)6-8-16/h5-8,15,18H,4,9-13H2,1-3H3. The second kappa shape index (κ2) is 5.88. The summed E-state index contributed by atoms with van der Waals surface area (Å²) in [5, 5.41) is 3.59. The fourth-order valence-electron chi connectivity index (χ4n) is 3.15. The lowest BCUT2D eigenvalue weighted by Gasteiger charge is -2.40. The van der Waals surface area contributed by atoms with E-state index in [2.05, 4.69) is 50.4 Å². The molecule has 0 aliphatic heterocycles. The Morgan fingerprint density at radius 1 is 1.17 bits per heavy atom. The molecule has 0 spiro atoms. The minimum atomic E-state index is 0.385. The van der Waals surface area contributed by atoms with Crippen molar-refractivity contribution in [3.8, 4) is 0 Å². The normalized spacial score (nSPS) is 28.3. The van der Waals surface area contributed by atoms with E-state index in [1.54, 1.807) is 5.56 Å². The lowest BCUT2D eigenvalue weighted by Crippen LogP contribution is -2.41. The zero-order valence-corrected chi connectivity index (χ0v) is 12.1. The van der Waals surface area contributed by atoms with Crippen LogP contribution in [0, 0.1) is 12.8 Å². The van der Waals surface area contributed by atoms with Crippen molar-refractivity contribution in [2.24, 2.45) is 5.92 Å². The maximum absolute atomic E-state index is 3.59. The smallest absolute Gasteiger partial charge is 0.00779 e. The van der Waals surface area contributed by atoms with Gasteiger partial charge < -0.3 is 5.32 Å². The van der Waals surface area contributed by atoms with Crippen molar-refractivity contribution < 1.29 is 0 Å². The third-order valence-corrected chi connectivity index (χ3v) is 4.61. The van der Waals surface area contributed by atoms with Crippen LogP contribution in [-0.2, 0) is 5.41 Å². The molecule has 1 aromatic carbocycles. The minimum absolute atomic E-state index is 0.385. The van der Waals surface area contributed by atoms with Gasteiger partial charge in [0.2, 0.25) is 0 Å². The van der Waals surface area contributed by atoms with Crippen molar-refractivity contribution in [2.45, 2.75) is 51.9 Å². The monoisotopic (exact) mass is 245 g/mol. The molecular formula is C17H27N. The van der Waals surface area contributed by atoms with Crippen LogP contribution in [0.25, 0.3) is 0 Å². The molecule has 1 heteroatoms. The Hall–Kier alpha value is -0.820. The molecule has 1 aromatic rings. The largest absolute Gasteiger partial charge is 0.316 e. The molecule has 0 amide bonds. The van der Waals surface area contributed by atoms with Crippen molar-refractivity contribution in [3.05, 3.63) is 35.4 Å². The quantitative estimate of drug-likeness (QED) is 0.843. The fourth-order valence-corrected chi connectivity index (χ4v) is 3.15. The van der Waals surface area contributed by atoms with Crippen LogP contribution < -0.4 is 5.32 Å². The summed E-state index contributed by atoms with van der Waals surface area (Å²) in [6.45, 7) is 8.98.